The Balaban J connectivity index is 2.62. The normalized spacial score (nSPS) is 23.7. The molecule has 86 valence electrons. The SMILES string of the molecule is COC(C)N1C(=O)CC(NSSI)C1=O. The zero-order chi connectivity index (χ0) is 11.4. The summed E-state index contributed by atoms with van der Waals surface area (Å²) in [5.41, 5.74) is 0. The fourth-order valence-corrected chi connectivity index (χ4v) is 3.04. The Morgan fingerprint density at radius 3 is 2.87 bits per heavy atom. The average Bonchev–Trinajstić information content (AvgIpc) is 2.50. The number of nitrogens with zero attached hydrogens (tertiary/aromatic N) is 1. The number of likely N-dealkylation sites (tertiary alicyclic amines) is 1. The quantitative estimate of drug-likeness (QED) is 0.345. The number of ether oxygens (including phenoxy) is 1. The summed E-state index contributed by atoms with van der Waals surface area (Å²) in [4.78, 5) is 24.4. The monoisotopic (exact) mass is 362 g/mol. The van der Waals surface area contributed by atoms with Gasteiger partial charge in [0.1, 0.15) is 12.3 Å². The van der Waals surface area contributed by atoms with E-state index in [1.165, 1.54) is 26.1 Å². The Labute approximate surface area is 108 Å². The van der Waals surface area contributed by atoms with Gasteiger partial charge in [0.05, 0.1) is 6.42 Å². The summed E-state index contributed by atoms with van der Waals surface area (Å²) in [6.07, 6.45) is -0.287. The number of hydrogen-bond donors (Lipinski definition) is 1. The van der Waals surface area contributed by atoms with Crippen molar-refractivity contribution in [1.82, 2.24) is 9.62 Å². The van der Waals surface area contributed by atoms with E-state index in [1.807, 2.05) is 0 Å². The third kappa shape index (κ3) is 3.22. The van der Waals surface area contributed by atoms with Crippen LogP contribution in [0.2, 0.25) is 0 Å². The summed E-state index contributed by atoms with van der Waals surface area (Å²) in [5.74, 6) is -0.404. The molecule has 5 nitrogen and oxygen atoms in total. The second-order valence-corrected chi connectivity index (χ2v) is 7.60. The number of amides is 2. The number of halogens is 1. The first-order chi connectivity index (χ1) is 7.11. The molecule has 1 aliphatic heterocycles. The van der Waals surface area contributed by atoms with E-state index in [1.54, 1.807) is 6.92 Å². The largest absolute Gasteiger partial charge is 0.361 e. The maximum absolute atomic E-state index is 11.8. The maximum atomic E-state index is 11.8. The van der Waals surface area contributed by atoms with Crippen LogP contribution in [0.3, 0.4) is 0 Å². The van der Waals surface area contributed by atoms with Gasteiger partial charge in [0, 0.05) is 39.3 Å². The van der Waals surface area contributed by atoms with Gasteiger partial charge in [0.2, 0.25) is 11.8 Å². The smallest absolute Gasteiger partial charge is 0.249 e. The lowest BCUT2D eigenvalue weighted by atomic mass is 10.3. The van der Waals surface area contributed by atoms with Crippen molar-refractivity contribution in [3.05, 3.63) is 0 Å². The maximum Gasteiger partial charge on any atom is 0.249 e. The molecule has 2 amide bonds. The minimum atomic E-state index is -0.492. The summed E-state index contributed by atoms with van der Waals surface area (Å²) in [6.45, 7) is 1.68. The molecule has 0 aromatic heterocycles. The fourth-order valence-electron chi connectivity index (χ4n) is 1.31. The molecule has 0 aliphatic carbocycles. The molecule has 15 heavy (non-hydrogen) atoms. The second-order valence-electron chi connectivity index (χ2n) is 2.96. The van der Waals surface area contributed by atoms with Gasteiger partial charge in [-0.15, -0.1) is 0 Å². The fraction of sp³-hybridized carbons (Fsp3) is 0.714. The van der Waals surface area contributed by atoms with Gasteiger partial charge in [-0.2, -0.15) is 0 Å². The molecule has 0 bridgehead atoms. The standard InChI is InChI=1S/C7H11IN2O3S2/c1-4(13-2)10-6(11)3-5(7(10)12)9-15-14-8/h4-5,9H,3H2,1-2H3. The molecular formula is C7H11IN2O3S2. The van der Waals surface area contributed by atoms with E-state index in [0.29, 0.717) is 0 Å². The van der Waals surface area contributed by atoms with Crippen molar-refractivity contribution in [2.45, 2.75) is 25.6 Å². The first kappa shape index (κ1) is 13.6. The van der Waals surface area contributed by atoms with Crippen LogP contribution in [0.15, 0.2) is 0 Å². The van der Waals surface area contributed by atoms with Crippen LogP contribution in [0.5, 0.6) is 0 Å². The molecule has 1 rings (SSSR count). The Bertz CT molecular complexity index is 267. The zero-order valence-electron chi connectivity index (χ0n) is 8.23. The van der Waals surface area contributed by atoms with Crippen molar-refractivity contribution in [2.24, 2.45) is 0 Å². The first-order valence-electron chi connectivity index (χ1n) is 4.20. The Morgan fingerprint density at radius 2 is 2.33 bits per heavy atom. The van der Waals surface area contributed by atoms with E-state index in [0.717, 1.165) is 4.90 Å². The van der Waals surface area contributed by atoms with Gasteiger partial charge >= 0.3 is 0 Å². The van der Waals surface area contributed by atoms with Crippen LogP contribution in [0.1, 0.15) is 13.3 Å². The van der Waals surface area contributed by atoms with Gasteiger partial charge < -0.3 is 4.74 Å². The number of methoxy groups -OCH3 is 1. The molecule has 2 atom stereocenters. The van der Waals surface area contributed by atoms with Gasteiger partial charge in [0.25, 0.3) is 0 Å². The molecule has 1 saturated heterocycles. The predicted molar refractivity (Wildman–Crippen MR) is 69.1 cm³/mol. The van der Waals surface area contributed by atoms with Crippen molar-refractivity contribution >= 4 is 52.0 Å². The van der Waals surface area contributed by atoms with Crippen LogP contribution in [-0.4, -0.2) is 36.1 Å². The minimum absolute atomic E-state index is 0.189. The average molecular weight is 362 g/mol. The van der Waals surface area contributed by atoms with Crippen LogP contribution in [0.4, 0.5) is 0 Å². The molecule has 1 aliphatic rings. The van der Waals surface area contributed by atoms with Crippen LogP contribution in [0, 0.1) is 0 Å². The van der Waals surface area contributed by atoms with E-state index in [4.69, 9.17) is 4.74 Å². The molecular weight excluding hydrogens is 351 g/mol. The lowest BCUT2D eigenvalue weighted by Crippen LogP contribution is -2.42. The topological polar surface area (TPSA) is 58.6 Å². The van der Waals surface area contributed by atoms with E-state index in [-0.39, 0.29) is 18.2 Å². The first-order valence-corrected chi connectivity index (χ1v) is 8.89. The van der Waals surface area contributed by atoms with Crippen molar-refractivity contribution in [3.8, 4) is 0 Å². The molecule has 1 fully saturated rings. The third-order valence-electron chi connectivity index (χ3n) is 2.11. The number of carbonyl (C=O) groups excluding carboxylic acids is 2. The highest BCUT2D eigenvalue weighted by Crippen LogP contribution is 2.28. The molecule has 0 spiro atoms. The van der Waals surface area contributed by atoms with Crippen molar-refractivity contribution < 1.29 is 14.3 Å². The highest BCUT2D eigenvalue weighted by atomic mass is 127. The Hall–Kier alpha value is 0.490. The molecule has 0 aromatic carbocycles. The lowest BCUT2D eigenvalue weighted by Gasteiger charge is -2.21. The Morgan fingerprint density at radius 1 is 1.67 bits per heavy atom. The minimum Gasteiger partial charge on any atom is -0.361 e. The summed E-state index contributed by atoms with van der Waals surface area (Å²) < 4.78 is 7.90. The highest BCUT2D eigenvalue weighted by molar-refractivity contribution is 14.2. The summed E-state index contributed by atoms with van der Waals surface area (Å²) in [7, 11) is 4.29. The van der Waals surface area contributed by atoms with E-state index >= 15 is 0 Å². The second kappa shape index (κ2) is 6.28. The zero-order valence-corrected chi connectivity index (χ0v) is 12.0. The van der Waals surface area contributed by atoms with Gasteiger partial charge in [-0.25, -0.2) is 4.72 Å². The Kier molecular flexibility index (Phi) is 5.68. The number of rotatable bonds is 5. The van der Waals surface area contributed by atoms with Crippen LogP contribution >= 0.6 is 40.2 Å². The van der Waals surface area contributed by atoms with E-state index in [9.17, 15) is 9.59 Å². The number of nitrogens with one attached hydrogen (secondary N) is 1. The van der Waals surface area contributed by atoms with Gasteiger partial charge in [-0.1, -0.05) is 0 Å². The molecule has 2 unspecified atom stereocenters. The molecule has 0 saturated carbocycles. The van der Waals surface area contributed by atoms with Crippen LogP contribution in [0.25, 0.3) is 0 Å². The van der Waals surface area contributed by atoms with Crippen LogP contribution < -0.4 is 4.72 Å². The predicted octanol–water partition coefficient (Wildman–Crippen LogP) is 1.34. The summed E-state index contributed by atoms with van der Waals surface area (Å²) in [5, 5.41) is 0. The van der Waals surface area contributed by atoms with E-state index in [2.05, 4.69) is 25.9 Å². The lowest BCUT2D eigenvalue weighted by molar-refractivity contribution is -0.150. The van der Waals surface area contributed by atoms with Crippen LogP contribution in [-0.2, 0) is 14.3 Å². The summed E-state index contributed by atoms with van der Waals surface area (Å²) in [6, 6.07) is -0.428. The summed E-state index contributed by atoms with van der Waals surface area (Å²) >= 11 is 2.09. The number of hydrogen-bond acceptors (Lipinski definition) is 6. The van der Waals surface area contributed by atoms with Crippen molar-refractivity contribution in [2.75, 3.05) is 7.11 Å². The van der Waals surface area contributed by atoms with E-state index < -0.39 is 12.3 Å². The third-order valence-corrected chi connectivity index (χ3v) is 4.65. The van der Waals surface area contributed by atoms with Crippen molar-refractivity contribution in [3.63, 3.8) is 0 Å². The highest BCUT2D eigenvalue weighted by Gasteiger charge is 2.41. The molecule has 8 heteroatoms. The number of carbonyl (C=O) groups is 2. The molecule has 0 aromatic rings. The molecule has 1 heterocycles. The van der Waals surface area contributed by atoms with Gasteiger partial charge in [-0.05, 0) is 14.9 Å². The van der Waals surface area contributed by atoms with Crippen molar-refractivity contribution in [1.29, 1.82) is 0 Å². The van der Waals surface area contributed by atoms with Gasteiger partial charge in [-0.3, -0.25) is 14.5 Å². The molecule has 1 N–H and O–H groups in total. The van der Waals surface area contributed by atoms with Gasteiger partial charge in [0.15, 0.2) is 0 Å². The number of imide groups is 1. The molecule has 0 radical (unpaired) electrons.